The number of aromatic nitrogens is 1. The van der Waals surface area contributed by atoms with E-state index in [1.54, 1.807) is 11.3 Å². The van der Waals surface area contributed by atoms with Crippen LogP contribution in [0.4, 0.5) is 4.79 Å². The van der Waals surface area contributed by atoms with Gasteiger partial charge in [-0.15, -0.1) is 11.3 Å². The Balaban J connectivity index is 1.65. The van der Waals surface area contributed by atoms with Gasteiger partial charge in [-0.3, -0.25) is 4.90 Å². The maximum Gasteiger partial charge on any atom is 0.315 e. The fourth-order valence-corrected chi connectivity index (χ4v) is 3.21. The minimum absolute atomic E-state index is 0.0698. The number of amides is 2. The Bertz CT molecular complexity index is 478. The van der Waals surface area contributed by atoms with E-state index in [2.05, 4.69) is 34.4 Å². The summed E-state index contributed by atoms with van der Waals surface area (Å²) in [4.78, 5) is 18.5. The lowest BCUT2D eigenvalue weighted by atomic mass is 10.2. The summed E-state index contributed by atoms with van der Waals surface area (Å²) >= 11 is 1.56. The van der Waals surface area contributed by atoms with Crippen LogP contribution >= 0.6 is 11.3 Å². The maximum atomic E-state index is 11.8. The number of carbonyl (C=O) groups excluding carboxylic acids is 1. The van der Waals surface area contributed by atoms with Crippen LogP contribution in [0.25, 0.3) is 0 Å². The van der Waals surface area contributed by atoms with Crippen molar-refractivity contribution >= 4 is 17.4 Å². The first-order valence-corrected chi connectivity index (χ1v) is 8.67. The molecule has 1 aliphatic rings. The molecule has 0 aliphatic carbocycles. The van der Waals surface area contributed by atoms with Crippen LogP contribution in [0.5, 0.6) is 0 Å². The summed E-state index contributed by atoms with van der Waals surface area (Å²) < 4.78 is 5.71. The van der Waals surface area contributed by atoms with Gasteiger partial charge in [-0.2, -0.15) is 0 Å². The zero-order valence-corrected chi connectivity index (χ0v) is 14.4. The van der Waals surface area contributed by atoms with Crippen LogP contribution < -0.4 is 10.6 Å². The Kier molecular flexibility index (Phi) is 6.60. The zero-order chi connectivity index (χ0) is 15.9. The van der Waals surface area contributed by atoms with E-state index in [9.17, 15) is 4.79 Å². The molecule has 2 rings (SSSR count). The monoisotopic (exact) mass is 326 g/mol. The third-order valence-electron chi connectivity index (χ3n) is 3.40. The van der Waals surface area contributed by atoms with Gasteiger partial charge in [-0.25, -0.2) is 9.78 Å². The van der Waals surface area contributed by atoms with Gasteiger partial charge in [-0.05, 0) is 12.8 Å². The molecule has 2 N–H and O–H groups in total. The van der Waals surface area contributed by atoms with Gasteiger partial charge in [0.15, 0.2) is 0 Å². The highest BCUT2D eigenvalue weighted by molar-refractivity contribution is 7.09. The number of morpholine rings is 1. The smallest absolute Gasteiger partial charge is 0.315 e. The minimum Gasteiger partial charge on any atom is -0.374 e. The Morgan fingerprint density at radius 2 is 2.36 bits per heavy atom. The predicted molar refractivity (Wildman–Crippen MR) is 88.1 cm³/mol. The molecule has 6 nitrogen and oxygen atoms in total. The van der Waals surface area contributed by atoms with Gasteiger partial charge >= 0.3 is 6.03 Å². The fourth-order valence-electron chi connectivity index (χ4n) is 2.49. The number of carbonyl (C=O) groups is 1. The van der Waals surface area contributed by atoms with Crippen LogP contribution in [-0.2, 0) is 11.3 Å². The highest BCUT2D eigenvalue weighted by atomic mass is 32.1. The first kappa shape index (κ1) is 17.2. The van der Waals surface area contributed by atoms with E-state index < -0.39 is 0 Å². The van der Waals surface area contributed by atoms with Gasteiger partial charge in [0.25, 0.3) is 0 Å². The molecule has 2 heterocycles. The summed E-state index contributed by atoms with van der Waals surface area (Å²) in [5, 5.41) is 8.60. The normalized spacial score (nSPS) is 19.4. The molecular weight excluding hydrogens is 300 g/mol. The third-order valence-corrected chi connectivity index (χ3v) is 4.37. The lowest BCUT2D eigenvalue weighted by Gasteiger charge is -2.33. The van der Waals surface area contributed by atoms with Crippen LogP contribution in [0.3, 0.4) is 0 Å². The average molecular weight is 326 g/mol. The van der Waals surface area contributed by atoms with E-state index in [1.807, 2.05) is 12.3 Å². The van der Waals surface area contributed by atoms with Crippen molar-refractivity contribution in [1.82, 2.24) is 20.5 Å². The Labute approximate surface area is 136 Å². The van der Waals surface area contributed by atoms with Crippen LogP contribution in [-0.4, -0.2) is 54.8 Å². The molecule has 1 aromatic rings. The lowest BCUT2D eigenvalue weighted by Crippen LogP contribution is -2.49. The molecule has 0 radical (unpaired) electrons. The molecule has 0 spiro atoms. The number of ether oxygens (including phenoxy) is 1. The number of nitrogens with zero attached hydrogens (tertiary/aromatic N) is 2. The second-order valence-electron chi connectivity index (χ2n) is 6.09. The number of thiazole rings is 1. The number of urea groups is 1. The third kappa shape index (κ3) is 5.90. The van der Waals surface area contributed by atoms with Gasteiger partial charge < -0.3 is 15.4 Å². The number of hydrogen-bond acceptors (Lipinski definition) is 5. The molecule has 124 valence electrons. The van der Waals surface area contributed by atoms with Crippen molar-refractivity contribution < 1.29 is 9.53 Å². The quantitative estimate of drug-likeness (QED) is 0.833. The van der Waals surface area contributed by atoms with Crippen LogP contribution in [0.1, 0.15) is 24.5 Å². The van der Waals surface area contributed by atoms with Gasteiger partial charge in [0.2, 0.25) is 0 Å². The van der Waals surface area contributed by atoms with E-state index in [0.717, 1.165) is 36.9 Å². The molecular formula is C15H26N4O2S. The Morgan fingerprint density at radius 1 is 1.55 bits per heavy atom. The summed E-state index contributed by atoms with van der Waals surface area (Å²) in [5.41, 5.74) is 0.989. The maximum absolute atomic E-state index is 11.8. The van der Waals surface area contributed by atoms with Crippen molar-refractivity contribution in [3.8, 4) is 0 Å². The highest BCUT2D eigenvalue weighted by Crippen LogP contribution is 2.08. The molecule has 1 atom stereocenters. The van der Waals surface area contributed by atoms with Crippen LogP contribution in [0.15, 0.2) is 5.38 Å². The number of rotatable bonds is 6. The molecule has 1 aliphatic heterocycles. The van der Waals surface area contributed by atoms with E-state index in [0.29, 0.717) is 19.0 Å². The zero-order valence-electron chi connectivity index (χ0n) is 13.6. The first-order valence-electron chi connectivity index (χ1n) is 7.79. The molecule has 22 heavy (non-hydrogen) atoms. The molecule has 7 heteroatoms. The van der Waals surface area contributed by atoms with E-state index in [4.69, 9.17) is 4.74 Å². The fraction of sp³-hybridized carbons (Fsp3) is 0.733. The predicted octanol–water partition coefficient (Wildman–Crippen LogP) is 1.61. The largest absolute Gasteiger partial charge is 0.374 e. The van der Waals surface area contributed by atoms with Gasteiger partial charge in [0.05, 0.1) is 19.3 Å². The van der Waals surface area contributed by atoms with Crippen molar-refractivity contribution in [2.75, 3.05) is 32.8 Å². The summed E-state index contributed by atoms with van der Waals surface area (Å²) in [6.07, 6.45) is 0.0698. The van der Waals surface area contributed by atoms with Gasteiger partial charge in [-0.1, -0.05) is 13.8 Å². The molecule has 1 fully saturated rings. The second kappa shape index (κ2) is 8.45. The number of aryl methyl sites for hydroxylation is 1. The van der Waals surface area contributed by atoms with E-state index in [1.165, 1.54) is 0 Å². The minimum atomic E-state index is -0.169. The molecule has 0 bridgehead atoms. The van der Waals surface area contributed by atoms with Crippen LogP contribution in [0, 0.1) is 12.8 Å². The van der Waals surface area contributed by atoms with E-state index in [-0.39, 0.29) is 12.1 Å². The molecule has 2 amide bonds. The van der Waals surface area contributed by atoms with Crippen molar-refractivity contribution in [2.24, 2.45) is 5.92 Å². The Morgan fingerprint density at radius 3 is 3.05 bits per heavy atom. The summed E-state index contributed by atoms with van der Waals surface area (Å²) in [6, 6.07) is -0.169. The molecule has 1 saturated heterocycles. The molecule has 0 unspecified atom stereocenters. The number of hydrogen-bond donors (Lipinski definition) is 2. The van der Waals surface area contributed by atoms with Crippen molar-refractivity contribution in [3.05, 3.63) is 16.1 Å². The first-order chi connectivity index (χ1) is 10.5. The van der Waals surface area contributed by atoms with Gasteiger partial charge in [0.1, 0.15) is 5.01 Å². The second-order valence-corrected chi connectivity index (χ2v) is 7.04. The number of nitrogens with one attached hydrogen (secondary N) is 2. The van der Waals surface area contributed by atoms with Crippen molar-refractivity contribution in [2.45, 2.75) is 33.4 Å². The van der Waals surface area contributed by atoms with Crippen LogP contribution in [0.2, 0.25) is 0 Å². The molecule has 0 saturated carbocycles. The lowest BCUT2D eigenvalue weighted by molar-refractivity contribution is -0.0290. The SMILES string of the molecule is Cc1csc(CNC(=O)NC[C@H]2CN(CC(C)C)CCO2)n1. The topological polar surface area (TPSA) is 66.5 Å². The van der Waals surface area contributed by atoms with Crippen molar-refractivity contribution in [3.63, 3.8) is 0 Å². The molecule has 0 aromatic carbocycles. The summed E-state index contributed by atoms with van der Waals surface area (Å²) in [5.74, 6) is 0.650. The average Bonchev–Trinajstić information content (AvgIpc) is 2.88. The summed E-state index contributed by atoms with van der Waals surface area (Å²) in [7, 11) is 0. The highest BCUT2D eigenvalue weighted by Gasteiger charge is 2.21. The van der Waals surface area contributed by atoms with E-state index >= 15 is 0 Å². The molecule has 1 aromatic heterocycles. The Hall–Kier alpha value is -1.18. The van der Waals surface area contributed by atoms with Gasteiger partial charge in [0, 0.05) is 37.3 Å². The van der Waals surface area contributed by atoms with Crippen molar-refractivity contribution in [1.29, 1.82) is 0 Å². The standard InChI is InChI=1S/C15H26N4O2S/c1-11(2)8-19-4-5-21-13(9-19)6-16-15(20)17-7-14-18-12(3)10-22-14/h10-11,13H,4-9H2,1-3H3,(H2,16,17,20)/t13-/m0/s1. The summed E-state index contributed by atoms with van der Waals surface area (Å²) in [6.45, 7) is 11.1.